The van der Waals surface area contributed by atoms with Gasteiger partial charge in [0.15, 0.2) is 0 Å². The molecule has 2 rings (SSSR count). The summed E-state index contributed by atoms with van der Waals surface area (Å²) in [7, 11) is 0. The number of nitrogens with one attached hydrogen (secondary N) is 1. The van der Waals surface area contributed by atoms with Gasteiger partial charge in [-0.15, -0.1) is 0 Å². The number of pyridine rings is 1. The number of aromatic nitrogens is 1. The molecule has 1 aliphatic rings. The minimum Gasteiger partial charge on any atom is -0.309 e. The third-order valence-corrected chi connectivity index (χ3v) is 4.59. The van der Waals surface area contributed by atoms with Crippen LogP contribution in [0.1, 0.15) is 64.1 Å². The fourth-order valence-electron chi connectivity index (χ4n) is 3.13. The van der Waals surface area contributed by atoms with Crippen LogP contribution in [-0.2, 0) is 0 Å². The van der Waals surface area contributed by atoms with Gasteiger partial charge in [-0.25, -0.2) is 4.39 Å². The summed E-state index contributed by atoms with van der Waals surface area (Å²) in [6, 6.07) is 3.53. The Morgan fingerprint density at radius 1 is 1.30 bits per heavy atom. The lowest BCUT2D eigenvalue weighted by Crippen LogP contribution is -2.25. The Labute approximate surface area is 122 Å². The number of halogens is 1. The van der Waals surface area contributed by atoms with Crippen LogP contribution in [0.4, 0.5) is 4.39 Å². The number of hydrogen-bond acceptors (Lipinski definition) is 2. The minimum atomic E-state index is -0.264. The van der Waals surface area contributed by atoms with E-state index in [0.29, 0.717) is 0 Å². The van der Waals surface area contributed by atoms with Gasteiger partial charge >= 0.3 is 0 Å². The first kappa shape index (κ1) is 15.4. The van der Waals surface area contributed by atoms with E-state index in [2.05, 4.69) is 24.1 Å². The molecule has 1 N–H and O–H groups in total. The summed E-state index contributed by atoms with van der Waals surface area (Å²) in [4.78, 5) is 4.19. The molecule has 20 heavy (non-hydrogen) atoms. The maximum absolute atomic E-state index is 12.9. The lowest BCUT2D eigenvalue weighted by Gasteiger charge is -2.27. The fraction of sp³-hybridized carbons (Fsp3) is 0.706. The van der Waals surface area contributed by atoms with Gasteiger partial charge in [0, 0.05) is 6.04 Å². The van der Waals surface area contributed by atoms with E-state index >= 15 is 0 Å². The van der Waals surface area contributed by atoms with Crippen molar-refractivity contribution in [2.75, 3.05) is 6.54 Å². The molecule has 2 nitrogen and oxygen atoms in total. The van der Waals surface area contributed by atoms with Gasteiger partial charge < -0.3 is 5.32 Å². The van der Waals surface area contributed by atoms with E-state index in [1.165, 1.54) is 44.4 Å². The molecule has 0 spiro atoms. The number of hydrogen-bond donors (Lipinski definition) is 1. The largest absolute Gasteiger partial charge is 0.309 e. The van der Waals surface area contributed by atoms with E-state index in [1.54, 1.807) is 6.07 Å². The van der Waals surface area contributed by atoms with Crippen LogP contribution < -0.4 is 5.32 Å². The van der Waals surface area contributed by atoms with Crippen LogP contribution in [0.15, 0.2) is 18.3 Å². The molecule has 1 atom stereocenters. The molecule has 0 amide bonds. The van der Waals surface area contributed by atoms with Crippen molar-refractivity contribution in [2.45, 2.75) is 58.4 Å². The molecule has 1 aliphatic carbocycles. The zero-order valence-electron chi connectivity index (χ0n) is 12.7. The first-order chi connectivity index (χ1) is 9.69. The summed E-state index contributed by atoms with van der Waals surface area (Å²) in [5, 5.41) is 3.58. The predicted molar refractivity (Wildman–Crippen MR) is 81.0 cm³/mol. The van der Waals surface area contributed by atoms with Crippen LogP contribution in [0.5, 0.6) is 0 Å². The Balaban J connectivity index is 1.75. The smallest absolute Gasteiger partial charge is 0.141 e. The van der Waals surface area contributed by atoms with Gasteiger partial charge in [0.2, 0.25) is 0 Å². The van der Waals surface area contributed by atoms with E-state index in [9.17, 15) is 4.39 Å². The topological polar surface area (TPSA) is 24.9 Å². The maximum Gasteiger partial charge on any atom is 0.141 e. The third-order valence-electron chi connectivity index (χ3n) is 4.59. The van der Waals surface area contributed by atoms with E-state index in [1.807, 2.05) is 0 Å². The Morgan fingerprint density at radius 2 is 2.05 bits per heavy atom. The Bertz CT molecular complexity index is 382. The van der Waals surface area contributed by atoms with Gasteiger partial charge in [-0.2, -0.15) is 0 Å². The second kappa shape index (κ2) is 7.72. The van der Waals surface area contributed by atoms with Gasteiger partial charge in [0.25, 0.3) is 0 Å². The monoisotopic (exact) mass is 278 g/mol. The van der Waals surface area contributed by atoms with E-state index in [4.69, 9.17) is 0 Å². The van der Waals surface area contributed by atoms with Crippen molar-refractivity contribution in [1.29, 1.82) is 0 Å². The second-order valence-electron chi connectivity index (χ2n) is 6.23. The molecule has 0 saturated heterocycles. The van der Waals surface area contributed by atoms with E-state index in [-0.39, 0.29) is 11.9 Å². The first-order valence-corrected chi connectivity index (χ1v) is 8.03. The normalized spacial score (nSPS) is 24.6. The van der Waals surface area contributed by atoms with Gasteiger partial charge in [-0.3, -0.25) is 4.98 Å². The standard InChI is InChI=1S/C17H27FN2/c1-3-16(17-9-8-15(18)12-20-17)19-11-10-14-6-4-13(2)5-7-14/h8-9,12-14,16,19H,3-7,10-11H2,1-2H3. The van der Waals surface area contributed by atoms with Crippen LogP contribution >= 0.6 is 0 Å². The molecule has 1 fully saturated rings. The molecule has 1 unspecified atom stereocenters. The molecule has 1 heterocycles. The molecule has 3 heteroatoms. The quantitative estimate of drug-likeness (QED) is 0.830. The highest BCUT2D eigenvalue weighted by molar-refractivity contribution is 5.09. The summed E-state index contributed by atoms with van der Waals surface area (Å²) in [6.45, 7) is 5.55. The van der Waals surface area contributed by atoms with Crippen molar-refractivity contribution >= 4 is 0 Å². The fourth-order valence-corrected chi connectivity index (χ4v) is 3.13. The van der Waals surface area contributed by atoms with E-state index < -0.39 is 0 Å². The lowest BCUT2D eigenvalue weighted by atomic mass is 9.81. The molecule has 0 aliphatic heterocycles. The molecule has 1 saturated carbocycles. The number of nitrogens with zero attached hydrogens (tertiary/aromatic N) is 1. The minimum absolute atomic E-state index is 0.248. The lowest BCUT2D eigenvalue weighted by molar-refractivity contribution is 0.272. The summed E-state index contributed by atoms with van der Waals surface area (Å²) < 4.78 is 12.9. The van der Waals surface area contributed by atoms with Gasteiger partial charge in [0.05, 0.1) is 11.9 Å². The maximum atomic E-state index is 12.9. The molecule has 1 aromatic heterocycles. The zero-order chi connectivity index (χ0) is 14.4. The van der Waals surface area contributed by atoms with Crippen molar-refractivity contribution in [3.8, 4) is 0 Å². The van der Waals surface area contributed by atoms with Gasteiger partial charge in [0.1, 0.15) is 5.82 Å². The first-order valence-electron chi connectivity index (χ1n) is 8.03. The molecule has 0 bridgehead atoms. The van der Waals surface area contributed by atoms with Crippen LogP contribution in [0.25, 0.3) is 0 Å². The summed E-state index contributed by atoms with van der Waals surface area (Å²) in [6.07, 6.45) is 9.10. The van der Waals surface area contributed by atoms with Crippen molar-refractivity contribution in [3.63, 3.8) is 0 Å². The SMILES string of the molecule is CCC(NCCC1CCC(C)CC1)c1ccc(F)cn1. The van der Waals surface area contributed by atoms with Crippen LogP contribution in [0, 0.1) is 17.7 Å². The summed E-state index contributed by atoms with van der Waals surface area (Å²) in [5.41, 5.74) is 0.950. The molecule has 0 radical (unpaired) electrons. The summed E-state index contributed by atoms with van der Waals surface area (Å²) in [5.74, 6) is 1.54. The third kappa shape index (κ3) is 4.55. The predicted octanol–water partition coefficient (Wildman–Crippen LogP) is 4.48. The van der Waals surface area contributed by atoms with Crippen LogP contribution in [-0.4, -0.2) is 11.5 Å². The molecule has 112 valence electrons. The van der Waals surface area contributed by atoms with Crippen LogP contribution in [0.2, 0.25) is 0 Å². The van der Waals surface area contributed by atoms with Gasteiger partial charge in [-0.05, 0) is 43.4 Å². The zero-order valence-corrected chi connectivity index (χ0v) is 12.7. The highest BCUT2D eigenvalue weighted by atomic mass is 19.1. The molecule has 1 aromatic rings. The van der Waals surface area contributed by atoms with Gasteiger partial charge in [-0.1, -0.05) is 39.5 Å². The molecular weight excluding hydrogens is 251 g/mol. The highest BCUT2D eigenvalue weighted by Gasteiger charge is 2.18. The Morgan fingerprint density at radius 3 is 2.65 bits per heavy atom. The average molecular weight is 278 g/mol. The molecule has 0 aromatic carbocycles. The Kier molecular flexibility index (Phi) is 5.96. The number of rotatable bonds is 6. The average Bonchev–Trinajstić information content (AvgIpc) is 2.47. The van der Waals surface area contributed by atoms with Crippen molar-refractivity contribution in [2.24, 2.45) is 11.8 Å². The van der Waals surface area contributed by atoms with Crippen molar-refractivity contribution < 1.29 is 4.39 Å². The highest BCUT2D eigenvalue weighted by Crippen LogP contribution is 2.30. The van der Waals surface area contributed by atoms with Crippen LogP contribution in [0.3, 0.4) is 0 Å². The summed E-state index contributed by atoms with van der Waals surface area (Å²) >= 11 is 0. The van der Waals surface area contributed by atoms with Crippen molar-refractivity contribution in [1.82, 2.24) is 10.3 Å². The molecular formula is C17H27FN2. The Hall–Kier alpha value is -0.960. The van der Waals surface area contributed by atoms with E-state index in [0.717, 1.165) is 30.5 Å². The van der Waals surface area contributed by atoms with Crippen molar-refractivity contribution in [3.05, 3.63) is 29.8 Å². The second-order valence-corrected chi connectivity index (χ2v) is 6.23.